The molecule has 2 aromatic carbocycles. The van der Waals surface area contributed by atoms with Crippen LogP contribution < -0.4 is 5.32 Å². The number of fused-ring (bicyclic) bond motifs is 3. The molecule has 0 saturated carbocycles. The van der Waals surface area contributed by atoms with Gasteiger partial charge >= 0.3 is 0 Å². The molecule has 1 aliphatic rings. The van der Waals surface area contributed by atoms with Gasteiger partial charge in [0.25, 0.3) is 0 Å². The van der Waals surface area contributed by atoms with Crippen molar-refractivity contribution in [3.05, 3.63) is 66.2 Å². The third-order valence-electron chi connectivity index (χ3n) is 5.34. The summed E-state index contributed by atoms with van der Waals surface area (Å²) in [5.41, 5.74) is 3.12. The molecule has 1 fully saturated rings. The Morgan fingerprint density at radius 2 is 1.93 bits per heavy atom. The van der Waals surface area contributed by atoms with Gasteiger partial charge in [-0.15, -0.1) is 0 Å². The van der Waals surface area contributed by atoms with Crippen molar-refractivity contribution in [2.45, 2.75) is 6.04 Å². The number of para-hydroxylation sites is 1. The van der Waals surface area contributed by atoms with Crippen LogP contribution in [0.15, 0.2) is 59.3 Å². The molecule has 1 saturated heterocycles. The predicted molar refractivity (Wildman–Crippen MR) is 109 cm³/mol. The van der Waals surface area contributed by atoms with Gasteiger partial charge in [-0.3, -0.25) is 4.90 Å². The second kappa shape index (κ2) is 7.77. The highest BCUT2D eigenvalue weighted by Crippen LogP contribution is 2.31. The number of furan rings is 1. The number of nitrogens with zero attached hydrogens (tertiary/aromatic N) is 3. The minimum absolute atomic E-state index is 0.0102. The number of nitrogens with one attached hydrogen (secondary N) is 1. The molecule has 0 radical (unpaired) electrons. The van der Waals surface area contributed by atoms with Crippen LogP contribution in [0.2, 0.25) is 0 Å². The second-order valence-corrected chi connectivity index (χ2v) is 7.10. The lowest BCUT2D eigenvalue weighted by molar-refractivity contribution is 0.0186. The largest absolute Gasteiger partial charge is 0.450 e. The van der Waals surface area contributed by atoms with Crippen LogP contribution >= 0.6 is 0 Å². The van der Waals surface area contributed by atoms with E-state index in [9.17, 15) is 4.39 Å². The van der Waals surface area contributed by atoms with Gasteiger partial charge < -0.3 is 14.5 Å². The SMILES string of the molecule is Fc1cccc(C(CNc2ncnc3c2oc2ccccc23)N2CCOCC2)c1. The Labute approximate surface area is 167 Å². The molecule has 0 bridgehead atoms. The standard InChI is InChI=1S/C22H21FN4O2/c23-16-5-3-4-15(12-16)18(27-8-10-28-11-9-27)13-24-22-21-20(25-14-26-22)17-6-1-2-7-19(17)29-21/h1-7,12,14,18H,8-11,13H2,(H,24,25,26). The number of hydrogen-bond acceptors (Lipinski definition) is 6. The molecule has 4 aromatic rings. The van der Waals surface area contributed by atoms with Crippen molar-refractivity contribution in [1.82, 2.24) is 14.9 Å². The molecule has 7 heteroatoms. The Morgan fingerprint density at radius 1 is 1.07 bits per heavy atom. The zero-order chi connectivity index (χ0) is 19.6. The van der Waals surface area contributed by atoms with Gasteiger partial charge in [0, 0.05) is 25.0 Å². The lowest BCUT2D eigenvalue weighted by atomic mass is 10.0. The fraction of sp³-hybridized carbons (Fsp3) is 0.273. The van der Waals surface area contributed by atoms with Crippen LogP contribution in [0.4, 0.5) is 10.2 Å². The zero-order valence-electron chi connectivity index (χ0n) is 15.8. The van der Waals surface area contributed by atoms with Crippen LogP contribution in [0.3, 0.4) is 0 Å². The van der Waals surface area contributed by atoms with Crippen molar-refractivity contribution in [2.24, 2.45) is 0 Å². The third kappa shape index (κ3) is 3.54. The van der Waals surface area contributed by atoms with Crippen LogP contribution in [-0.2, 0) is 4.74 Å². The number of halogens is 1. The van der Waals surface area contributed by atoms with Crippen molar-refractivity contribution in [2.75, 3.05) is 38.2 Å². The number of benzene rings is 2. The Kier molecular flexibility index (Phi) is 4.83. The number of anilines is 1. The molecule has 3 heterocycles. The molecule has 0 aliphatic carbocycles. The van der Waals surface area contributed by atoms with Gasteiger partial charge in [-0.2, -0.15) is 0 Å². The fourth-order valence-corrected chi connectivity index (χ4v) is 3.90. The van der Waals surface area contributed by atoms with E-state index in [1.165, 1.54) is 6.07 Å². The van der Waals surface area contributed by atoms with Crippen LogP contribution in [-0.4, -0.2) is 47.7 Å². The minimum Gasteiger partial charge on any atom is -0.450 e. The summed E-state index contributed by atoms with van der Waals surface area (Å²) in [7, 11) is 0. The summed E-state index contributed by atoms with van der Waals surface area (Å²) in [5, 5.41) is 4.38. The lowest BCUT2D eigenvalue weighted by Crippen LogP contribution is -2.41. The number of rotatable bonds is 5. The Hall–Kier alpha value is -3.03. The topological polar surface area (TPSA) is 63.4 Å². The molecule has 0 spiro atoms. The van der Waals surface area contributed by atoms with Crippen LogP contribution in [0.25, 0.3) is 22.1 Å². The number of hydrogen-bond donors (Lipinski definition) is 1. The van der Waals surface area contributed by atoms with Gasteiger partial charge in [0.2, 0.25) is 0 Å². The smallest absolute Gasteiger partial charge is 0.196 e. The van der Waals surface area contributed by atoms with E-state index in [0.717, 1.165) is 35.1 Å². The van der Waals surface area contributed by atoms with E-state index in [1.807, 2.05) is 30.3 Å². The van der Waals surface area contributed by atoms with Gasteiger partial charge in [-0.05, 0) is 29.8 Å². The number of morpholine rings is 1. The molecule has 1 N–H and O–H groups in total. The second-order valence-electron chi connectivity index (χ2n) is 7.10. The normalized spacial score (nSPS) is 16.3. The van der Waals surface area contributed by atoms with E-state index in [1.54, 1.807) is 18.5 Å². The maximum absolute atomic E-state index is 13.9. The molecule has 6 nitrogen and oxygen atoms in total. The van der Waals surface area contributed by atoms with Gasteiger partial charge in [0.15, 0.2) is 11.4 Å². The van der Waals surface area contributed by atoms with Gasteiger partial charge in [-0.1, -0.05) is 24.3 Å². The molecule has 1 unspecified atom stereocenters. The third-order valence-corrected chi connectivity index (χ3v) is 5.34. The van der Waals surface area contributed by atoms with E-state index < -0.39 is 0 Å². The fourth-order valence-electron chi connectivity index (χ4n) is 3.90. The monoisotopic (exact) mass is 392 g/mol. The molecule has 29 heavy (non-hydrogen) atoms. The van der Waals surface area contributed by atoms with Gasteiger partial charge in [-0.25, -0.2) is 14.4 Å². The summed E-state index contributed by atoms with van der Waals surface area (Å²) in [4.78, 5) is 11.1. The molecule has 148 valence electrons. The molecule has 0 amide bonds. The van der Waals surface area contributed by atoms with Crippen molar-refractivity contribution in [1.29, 1.82) is 0 Å². The highest BCUT2D eigenvalue weighted by molar-refractivity contribution is 6.05. The van der Waals surface area contributed by atoms with Gasteiger partial charge in [0.05, 0.1) is 19.3 Å². The molecular formula is C22H21FN4O2. The maximum Gasteiger partial charge on any atom is 0.196 e. The van der Waals surface area contributed by atoms with E-state index >= 15 is 0 Å². The summed E-state index contributed by atoms with van der Waals surface area (Å²) in [6, 6.07) is 14.6. The minimum atomic E-state index is -0.234. The predicted octanol–water partition coefficient (Wildman–Crippen LogP) is 4.00. The molecular weight excluding hydrogens is 371 g/mol. The maximum atomic E-state index is 13.9. The molecule has 5 rings (SSSR count). The highest BCUT2D eigenvalue weighted by atomic mass is 19.1. The first kappa shape index (κ1) is 18.0. The van der Waals surface area contributed by atoms with E-state index in [0.29, 0.717) is 31.2 Å². The molecule has 1 atom stereocenters. The average Bonchev–Trinajstić information content (AvgIpc) is 3.14. The van der Waals surface area contributed by atoms with E-state index in [4.69, 9.17) is 9.15 Å². The molecule has 2 aromatic heterocycles. The summed E-state index contributed by atoms with van der Waals surface area (Å²) in [6.45, 7) is 3.51. The summed E-state index contributed by atoms with van der Waals surface area (Å²) in [5.74, 6) is 0.406. The van der Waals surface area contributed by atoms with E-state index in [2.05, 4.69) is 20.2 Å². The highest BCUT2D eigenvalue weighted by Gasteiger charge is 2.24. The van der Waals surface area contributed by atoms with Crippen molar-refractivity contribution >= 4 is 27.9 Å². The summed E-state index contributed by atoms with van der Waals surface area (Å²) >= 11 is 0. The average molecular weight is 392 g/mol. The lowest BCUT2D eigenvalue weighted by Gasteiger charge is -2.35. The quantitative estimate of drug-likeness (QED) is 0.554. The number of aromatic nitrogens is 2. The molecule has 1 aliphatic heterocycles. The van der Waals surface area contributed by atoms with Crippen molar-refractivity contribution in [3.63, 3.8) is 0 Å². The Bertz CT molecular complexity index is 1140. The first-order chi connectivity index (χ1) is 14.3. The van der Waals surface area contributed by atoms with Crippen LogP contribution in [0, 0.1) is 5.82 Å². The van der Waals surface area contributed by atoms with E-state index in [-0.39, 0.29) is 11.9 Å². The van der Waals surface area contributed by atoms with Crippen molar-refractivity contribution in [3.8, 4) is 0 Å². The summed E-state index contributed by atoms with van der Waals surface area (Å²) < 4.78 is 25.4. The van der Waals surface area contributed by atoms with Crippen LogP contribution in [0.1, 0.15) is 11.6 Å². The summed E-state index contributed by atoms with van der Waals surface area (Å²) in [6.07, 6.45) is 1.54. The first-order valence-corrected chi connectivity index (χ1v) is 9.73. The zero-order valence-corrected chi connectivity index (χ0v) is 15.8. The Morgan fingerprint density at radius 3 is 2.79 bits per heavy atom. The van der Waals surface area contributed by atoms with Gasteiger partial charge in [0.1, 0.15) is 23.2 Å². The Balaban J connectivity index is 1.46. The number of ether oxygens (including phenoxy) is 1. The van der Waals surface area contributed by atoms with Crippen molar-refractivity contribution < 1.29 is 13.5 Å². The first-order valence-electron chi connectivity index (χ1n) is 9.73. The van der Waals surface area contributed by atoms with Crippen LogP contribution in [0.5, 0.6) is 0 Å².